The number of benzene rings is 2. The minimum absolute atomic E-state index is 0. The van der Waals surface area contributed by atoms with Gasteiger partial charge in [-0.1, -0.05) is 58.0 Å². The van der Waals surface area contributed by atoms with Crippen molar-refractivity contribution in [3.05, 3.63) is 60.7 Å². The normalized spacial score (nSPS) is 9.33. The maximum Gasteiger partial charge on any atom is 0.0186 e. The molecule has 0 nitrogen and oxygen atoms in total. The fourth-order valence-electron chi connectivity index (χ4n) is 1.05. The van der Waals surface area contributed by atoms with Crippen molar-refractivity contribution in [2.24, 2.45) is 0 Å². The van der Waals surface area contributed by atoms with Crippen molar-refractivity contribution in [2.45, 2.75) is 9.79 Å². The first-order valence-electron chi connectivity index (χ1n) is 4.40. The predicted octanol–water partition coefficient (Wildman–Crippen LogP) is 3.84. The first kappa shape index (κ1) is 13.2. The van der Waals surface area contributed by atoms with Crippen molar-refractivity contribution >= 4 is 51.1 Å². The van der Waals surface area contributed by atoms with E-state index in [1.165, 1.54) is 9.79 Å². The van der Waals surface area contributed by atoms with Crippen LogP contribution in [0.1, 0.15) is 0 Å². The Morgan fingerprint density at radius 2 is 0.867 bits per heavy atom. The van der Waals surface area contributed by atoms with E-state index in [9.17, 15) is 0 Å². The Kier molecular flexibility index (Phi) is 6.53. The SMILES string of the molecule is [NaH].c1ccc(SSc2ccccc2)cc1. The molecule has 0 radical (unpaired) electrons. The Morgan fingerprint density at radius 1 is 0.533 bits per heavy atom. The van der Waals surface area contributed by atoms with Crippen LogP contribution in [0.3, 0.4) is 0 Å². The zero-order chi connectivity index (χ0) is 9.64. The van der Waals surface area contributed by atoms with Crippen LogP contribution < -0.4 is 0 Å². The summed E-state index contributed by atoms with van der Waals surface area (Å²) < 4.78 is 0. The summed E-state index contributed by atoms with van der Waals surface area (Å²) in [7, 11) is 3.58. The zero-order valence-electron chi connectivity index (χ0n) is 7.59. The van der Waals surface area contributed by atoms with Gasteiger partial charge >= 0.3 is 29.6 Å². The summed E-state index contributed by atoms with van der Waals surface area (Å²) in [6.45, 7) is 0. The maximum absolute atomic E-state index is 2.13. The number of hydrogen-bond donors (Lipinski definition) is 0. The summed E-state index contributed by atoms with van der Waals surface area (Å²) >= 11 is 0. The molecule has 0 aromatic heterocycles. The van der Waals surface area contributed by atoms with Gasteiger partial charge < -0.3 is 0 Å². The van der Waals surface area contributed by atoms with Gasteiger partial charge in [0.25, 0.3) is 0 Å². The van der Waals surface area contributed by atoms with E-state index >= 15 is 0 Å². The van der Waals surface area contributed by atoms with Crippen LogP contribution >= 0.6 is 21.6 Å². The van der Waals surface area contributed by atoms with Gasteiger partial charge in [0.2, 0.25) is 0 Å². The second-order valence-corrected chi connectivity index (χ2v) is 5.07. The number of rotatable bonds is 3. The van der Waals surface area contributed by atoms with Crippen molar-refractivity contribution in [1.82, 2.24) is 0 Å². The van der Waals surface area contributed by atoms with Crippen molar-refractivity contribution < 1.29 is 0 Å². The summed E-state index contributed by atoms with van der Waals surface area (Å²) in [6.07, 6.45) is 0. The van der Waals surface area contributed by atoms with Crippen LogP contribution in [0.15, 0.2) is 70.5 Å². The van der Waals surface area contributed by atoms with Crippen molar-refractivity contribution in [3.63, 3.8) is 0 Å². The topological polar surface area (TPSA) is 0 Å². The molecule has 72 valence electrons. The van der Waals surface area contributed by atoms with Gasteiger partial charge in [0.1, 0.15) is 0 Å². The van der Waals surface area contributed by atoms with Gasteiger partial charge in [0.05, 0.1) is 0 Å². The molecule has 2 rings (SSSR count). The standard InChI is InChI=1S/C12H10S2.Na.H/c1-3-7-11(8-4-1)13-14-12-9-5-2-6-10-12;;/h1-10H;;. The van der Waals surface area contributed by atoms with Crippen LogP contribution in [-0.2, 0) is 0 Å². The van der Waals surface area contributed by atoms with Crippen LogP contribution in [0.4, 0.5) is 0 Å². The Bertz CT molecular complexity index is 336. The first-order valence-corrected chi connectivity index (χ1v) is 6.55. The van der Waals surface area contributed by atoms with E-state index in [0.29, 0.717) is 0 Å². The molecule has 0 aliphatic rings. The first-order chi connectivity index (χ1) is 6.95. The van der Waals surface area contributed by atoms with Gasteiger partial charge in [-0.05, 0) is 24.3 Å². The third-order valence-corrected chi connectivity index (χ3v) is 4.14. The van der Waals surface area contributed by atoms with E-state index in [-0.39, 0.29) is 29.6 Å². The molecule has 0 saturated heterocycles. The fourth-order valence-corrected chi connectivity index (χ4v) is 3.02. The summed E-state index contributed by atoms with van der Waals surface area (Å²) in [4.78, 5) is 2.59. The summed E-state index contributed by atoms with van der Waals surface area (Å²) in [5, 5.41) is 0. The largest absolute Gasteiger partial charge is 0.0622 e. The molecule has 0 fully saturated rings. The van der Waals surface area contributed by atoms with Gasteiger partial charge in [-0.2, -0.15) is 0 Å². The minimum atomic E-state index is 0. The molecule has 0 heterocycles. The number of hydrogen-bond acceptors (Lipinski definition) is 2. The van der Waals surface area contributed by atoms with Crippen LogP contribution in [0.2, 0.25) is 0 Å². The van der Waals surface area contributed by atoms with Crippen molar-refractivity contribution in [2.75, 3.05) is 0 Å². The van der Waals surface area contributed by atoms with Gasteiger partial charge in [-0.3, -0.25) is 0 Å². The summed E-state index contributed by atoms with van der Waals surface area (Å²) in [6, 6.07) is 20.8. The molecule has 0 amide bonds. The van der Waals surface area contributed by atoms with E-state index in [2.05, 4.69) is 48.5 Å². The average molecular weight is 242 g/mol. The second kappa shape index (κ2) is 7.42. The van der Waals surface area contributed by atoms with Gasteiger partial charge in [-0.25, -0.2) is 0 Å². The Balaban J connectivity index is 0.00000112. The third-order valence-electron chi connectivity index (χ3n) is 1.72. The summed E-state index contributed by atoms with van der Waals surface area (Å²) in [5.41, 5.74) is 0. The molecule has 0 atom stereocenters. The molecule has 2 aromatic carbocycles. The second-order valence-electron chi connectivity index (χ2n) is 2.79. The molecule has 0 spiro atoms. The maximum atomic E-state index is 2.13. The van der Waals surface area contributed by atoms with Crippen LogP contribution in [0.5, 0.6) is 0 Å². The van der Waals surface area contributed by atoms with E-state index in [4.69, 9.17) is 0 Å². The van der Waals surface area contributed by atoms with E-state index in [0.717, 1.165) is 0 Å². The van der Waals surface area contributed by atoms with Gasteiger partial charge in [0.15, 0.2) is 0 Å². The predicted molar refractivity (Wildman–Crippen MR) is 71.7 cm³/mol. The quantitative estimate of drug-likeness (QED) is 0.592. The molecule has 0 aliphatic carbocycles. The van der Waals surface area contributed by atoms with E-state index in [1.807, 2.05) is 12.1 Å². The summed E-state index contributed by atoms with van der Waals surface area (Å²) in [5.74, 6) is 0. The average Bonchev–Trinajstić information content (AvgIpc) is 2.29. The molecule has 0 saturated carbocycles. The van der Waals surface area contributed by atoms with Crippen LogP contribution in [0.25, 0.3) is 0 Å². The molecule has 15 heavy (non-hydrogen) atoms. The van der Waals surface area contributed by atoms with Gasteiger partial charge in [-0.15, -0.1) is 0 Å². The Hall–Kier alpha value is 0.140. The molecule has 0 unspecified atom stereocenters. The minimum Gasteiger partial charge on any atom is -0.0622 e. The van der Waals surface area contributed by atoms with Crippen LogP contribution in [-0.4, -0.2) is 29.6 Å². The molecule has 0 aliphatic heterocycles. The molecule has 2 aromatic rings. The zero-order valence-corrected chi connectivity index (χ0v) is 9.22. The van der Waals surface area contributed by atoms with E-state index < -0.39 is 0 Å². The Morgan fingerprint density at radius 3 is 1.20 bits per heavy atom. The molecule has 0 bridgehead atoms. The monoisotopic (exact) mass is 242 g/mol. The molecular formula is C12H11NaS2. The molecule has 0 N–H and O–H groups in total. The van der Waals surface area contributed by atoms with Crippen LogP contribution in [0, 0.1) is 0 Å². The van der Waals surface area contributed by atoms with Gasteiger partial charge in [0, 0.05) is 9.79 Å². The van der Waals surface area contributed by atoms with E-state index in [1.54, 1.807) is 21.6 Å². The third kappa shape index (κ3) is 4.66. The van der Waals surface area contributed by atoms with Crippen molar-refractivity contribution in [1.29, 1.82) is 0 Å². The molecule has 3 heteroatoms. The Labute approximate surface area is 121 Å². The molecular weight excluding hydrogens is 231 g/mol. The van der Waals surface area contributed by atoms with Crippen molar-refractivity contribution in [3.8, 4) is 0 Å². The fraction of sp³-hybridized carbons (Fsp3) is 0. The smallest absolute Gasteiger partial charge is 0.0186 e.